The number of anilines is 1. The second-order valence-electron chi connectivity index (χ2n) is 6.69. The van der Waals surface area contributed by atoms with E-state index in [9.17, 15) is 9.59 Å². The van der Waals surface area contributed by atoms with Crippen molar-refractivity contribution in [2.24, 2.45) is 5.73 Å². The van der Waals surface area contributed by atoms with Gasteiger partial charge in [0, 0.05) is 18.5 Å². The monoisotopic (exact) mass is 413 g/mol. The molecule has 0 spiro atoms. The van der Waals surface area contributed by atoms with Crippen LogP contribution in [0.25, 0.3) is 0 Å². The second-order valence-corrected chi connectivity index (χ2v) is 7.63. The normalized spacial score (nSPS) is 10.8. The topological polar surface area (TPSA) is 116 Å². The molecule has 0 saturated heterocycles. The summed E-state index contributed by atoms with van der Waals surface area (Å²) >= 11 is 1.28. The number of hydrogen-bond acceptors (Lipinski definition) is 6. The quantitative estimate of drug-likeness (QED) is 0.521. The van der Waals surface area contributed by atoms with Crippen molar-refractivity contribution in [1.82, 2.24) is 14.8 Å². The third kappa shape index (κ3) is 5.71. The molecule has 0 aliphatic rings. The number of aryl methyl sites for hydroxylation is 3. The van der Waals surface area contributed by atoms with Crippen LogP contribution in [0.15, 0.2) is 46.2 Å². The van der Waals surface area contributed by atoms with Crippen LogP contribution in [0.3, 0.4) is 0 Å². The fraction of sp³-hybridized carbons (Fsp3) is 0.300. The largest absolute Gasteiger partial charge is 0.467 e. The molecule has 0 bridgehead atoms. The van der Waals surface area contributed by atoms with Gasteiger partial charge in [-0.3, -0.25) is 14.2 Å². The fourth-order valence-corrected chi connectivity index (χ4v) is 3.59. The molecule has 0 aliphatic carbocycles. The first-order valence-electron chi connectivity index (χ1n) is 9.15. The van der Waals surface area contributed by atoms with E-state index in [4.69, 9.17) is 10.2 Å². The zero-order valence-corrected chi connectivity index (χ0v) is 17.2. The third-order valence-electron chi connectivity index (χ3n) is 4.27. The van der Waals surface area contributed by atoms with Gasteiger partial charge < -0.3 is 15.5 Å². The summed E-state index contributed by atoms with van der Waals surface area (Å²) in [6.45, 7) is 4.38. The van der Waals surface area contributed by atoms with E-state index in [1.807, 2.05) is 42.7 Å². The molecule has 0 fully saturated rings. The van der Waals surface area contributed by atoms with Gasteiger partial charge in [0.2, 0.25) is 11.8 Å². The summed E-state index contributed by atoms with van der Waals surface area (Å²) in [7, 11) is 0. The number of nitrogens with one attached hydrogen (secondary N) is 1. The Morgan fingerprint density at radius 3 is 2.76 bits per heavy atom. The molecule has 8 nitrogen and oxygen atoms in total. The maximum absolute atomic E-state index is 12.4. The number of benzene rings is 1. The maximum atomic E-state index is 12.4. The Bertz CT molecular complexity index is 998. The van der Waals surface area contributed by atoms with Gasteiger partial charge in [0.15, 0.2) is 5.16 Å². The second kappa shape index (κ2) is 9.42. The zero-order valence-electron chi connectivity index (χ0n) is 16.3. The maximum Gasteiger partial charge on any atom is 0.234 e. The Morgan fingerprint density at radius 2 is 2.07 bits per heavy atom. The Kier molecular flexibility index (Phi) is 6.71. The van der Waals surface area contributed by atoms with Gasteiger partial charge in [-0.25, -0.2) is 0 Å². The summed E-state index contributed by atoms with van der Waals surface area (Å²) < 4.78 is 7.26. The molecule has 2 amide bonds. The van der Waals surface area contributed by atoms with E-state index in [-0.39, 0.29) is 18.1 Å². The molecule has 1 aromatic carbocycles. The standard InChI is InChI=1S/C20H23N5O3S/c1-13-5-6-16(14(2)10-13)22-19(27)12-29-20-24-23-18(8-7-17(21)26)25(20)11-15-4-3-9-28-15/h3-6,9-10H,7-8,11-12H2,1-2H3,(H2,21,26)(H,22,27). The van der Waals surface area contributed by atoms with Crippen LogP contribution in [0.5, 0.6) is 0 Å². The van der Waals surface area contributed by atoms with Gasteiger partial charge in [0.1, 0.15) is 11.6 Å². The zero-order chi connectivity index (χ0) is 20.8. The minimum Gasteiger partial charge on any atom is -0.467 e. The van der Waals surface area contributed by atoms with Gasteiger partial charge in [-0.05, 0) is 37.6 Å². The van der Waals surface area contributed by atoms with E-state index in [0.29, 0.717) is 23.9 Å². The number of aromatic nitrogens is 3. The van der Waals surface area contributed by atoms with Crippen molar-refractivity contribution in [3.63, 3.8) is 0 Å². The van der Waals surface area contributed by atoms with Gasteiger partial charge in [-0.1, -0.05) is 29.5 Å². The third-order valence-corrected chi connectivity index (χ3v) is 5.24. The van der Waals surface area contributed by atoms with E-state index in [0.717, 1.165) is 22.6 Å². The molecule has 3 aromatic rings. The summed E-state index contributed by atoms with van der Waals surface area (Å²) in [6.07, 6.45) is 2.14. The predicted molar refractivity (Wildman–Crippen MR) is 111 cm³/mol. The molecule has 0 unspecified atom stereocenters. The SMILES string of the molecule is Cc1ccc(NC(=O)CSc2nnc(CCC(N)=O)n2Cc2ccco2)c(C)c1. The van der Waals surface area contributed by atoms with Crippen LogP contribution in [0, 0.1) is 13.8 Å². The number of rotatable bonds is 9. The van der Waals surface area contributed by atoms with Crippen LogP contribution < -0.4 is 11.1 Å². The first-order valence-corrected chi connectivity index (χ1v) is 10.1. The Morgan fingerprint density at radius 1 is 1.24 bits per heavy atom. The number of amides is 2. The Hall–Kier alpha value is -3.07. The van der Waals surface area contributed by atoms with Crippen molar-refractivity contribution < 1.29 is 14.0 Å². The Labute approximate surface area is 172 Å². The average molecular weight is 414 g/mol. The van der Waals surface area contributed by atoms with E-state index in [1.54, 1.807) is 12.3 Å². The highest BCUT2D eigenvalue weighted by Crippen LogP contribution is 2.21. The number of carbonyl (C=O) groups excluding carboxylic acids is 2. The number of thioether (sulfide) groups is 1. The summed E-state index contributed by atoms with van der Waals surface area (Å²) in [5, 5.41) is 11.9. The number of nitrogens with two attached hydrogens (primary N) is 1. The van der Waals surface area contributed by atoms with Crippen molar-refractivity contribution in [2.75, 3.05) is 11.1 Å². The summed E-state index contributed by atoms with van der Waals surface area (Å²) in [5.41, 5.74) is 8.20. The van der Waals surface area contributed by atoms with E-state index in [1.165, 1.54) is 11.8 Å². The molecule has 0 saturated carbocycles. The van der Waals surface area contributed by atoms with Crippen LogP contribution in [0.1, 0.15) is 29.1 Å². The number of carbonyl (C=O) groups is 2. The number of hydrogen-bond donors (Lipinski definition) is 2. The lowest BCUT2D eigenvalue weighted by molar-refractivity contribution is -0.118. The Balaban J connectivity index is 1.68. The molecule has 3 N–H and O–H groups in total. The lowest BCUT2D eigenvalue weighted by Gasteiger charge is -2.10. The van der Waals surface area contributed by atoms with Gasteiger partial charge in [-0.2, -0.15) is 0 Å². The molecule has 0 radical (unpaired) electrons. The highest BCUT2D eigenvalue weighted by atomic mass is 32.2. The number of primary amides is 1. The predicted octanol–water partition coefficient (Wildman–Crippen LogP) is 2.68. The highest BCUT2D eigenvalue weighted by Gasteiger charge is 2.16. The lowest BCUT2D eigenvalue weighted by atomic mass is 10.1. The van der Waals surface area contributed by atoms with Crippen molar-refractivity contribution in [2.45, 2.75) is 38.4 Å². The molecule has 2 heterocycles. The summed E-state index contributed by atoms with van der Waals surface area (Å²) in [4.78, 5) is 23.5. The minimum absolute atomic E-state index is 0.131. The number of nitrogens with zero attached hydrogens (tertiary/aromatic N) is 3. The summed E-state index contributed by atoms with van der Waals surface area (Å²) in [6, 6.07) is 9.52. The molecule has 29 heavy (non-hydrogen) atoms. The lowest BCUT2D eigenvalue weighted by Crippen LogP contribution is -2.16. The molecule has 152 valence electrons. The van der Waals surface area contributed by atoms with E-state index >= 15 is 0 Å². The van der Waals surface area contributed by atoms with Crippen LogP contribution in [0.4, 0.5) is 5.69 Å². The minimum atomic E-state index is -0.403. The molecule has 3 rings (SSSR count). The molecule has 0 atom stereocenters. The van der Waals surface area contributed by atoms with Crippen LogP contribution in [0.2, 0.25) is 0 Å². The molecular formula is C20H23N5O3S. The average Bonchev–Trinajstić information content (AvgIpc) is 3.31. The summed E-state index contributed by atoms with van der Waals surface area (Å²) in [5.74, 6) is 0.997. The first-order chi connectivity index (χ1) is 13.9. The van der Waals surface area contributed by atoms with Gasteiger partial charge in [0.25, 0.3) is 0 Å². The van der Waals surface area contributed by atoms with Gasteiger partial charge in [0.05, 0.1) is 18.6 Å². The van der Waals surface area contributed by atoms with Crippen molar-refractivity contribution in [1.29, 1.82) is 0 Å². The van der Waals surface area contributed by atoms with Crippen molar-refractivity contribution >= 4 is 29.3 Å². The first kappa shape index (κ1) is 20.7. The molecule has 9 heteroatoms. The van der Waals surface area contributed by atoms with Crippen molar-refractivity contribution in [3.05, 3.63) is 59.3 Å². The van der Waals surface area contributed by atoms with Crippen LogP contribution >= 0.6 is 11.8 Å². The van der Waals surface area contributed by atoms with Gasteiger partial charge >= 0.3 is 0 Å². The van der Waals surface area contributed by atoms with Crippen LogP contribution in [-0.2, 0) is 22.6 Å². The van der Waals surface area contributed by atoms with E-state index in [2.05, 4.69) is 15.5 Å². The molecular weight excluding hydrogens is 390 g/mol. The van der Waals surface area contributed by atoms with Crippen molar-refractivity contribution in [3.8, 4) is 0 Å². The van der Waals surface area contributed by atoms with E-state index < -0.39 is 5.91 Å². The van der Waals surface area contributed by atoms with Gasteiger partial charge in [-0.15, -0.1) is 10.2 Å². The molecule has 2 aromatic heterocycles. The highest BCUT2D eigenvalue weighted by molar-refractivity contribution is 7.99. The number of furan rings is 1. The fourth-order valence-electron chi connectivity index (χ4n) is 2.83. The van der Waals surface area contributed by atoms with Crippen LogP contribution in [-0.4, -0.2) is 32.3 Å². The molecule has 0 aliphatic heterocycles. The smallest absolute Gasteiger partial charge is 0.234 e.